The lowest BCUT2D eigenvalue weighted by atomic mass is 9.95. The summed E-state index contributed by atoms with van der Waals surface area (Å²) in [4.78, 5) is 19.7. The second-order valence-electron chi connectivity index (χ2n) is 6.24. The summed E-state index contributed by atoms with van der Waals surface area (Å²) in [6.45, 7) is 0.735. The van der Waals surface area contributed by atoms with Crippen LogP contribution in [0.25, 0.3) is 10.9 Å². The van der Waals surface area contributed by atoms with E-state index in [-0.39, 0.29) is 11.5 Å². The Labute approximate surface area is 135 Å². The Hall–Kier alpha value is -2.62. The Bertz CT molecular complexity index is 943. The quantitative estimate of drug-likeness (QED) is 0.730. The van der Waals surface area contributed by atoms with Gasteiger partial charge in [0.1, 0.15) is 5.82 Å². The Morgan fingerprint density at radius 1 is 1.09 bits per heavy atom. The Balaban J connectivity index is 1.93. The smallest absolute Gasteiger partial charge is 0.261 e. The highest BCUT2D eigenvalue weighted by atomic mass is 16.1. The first-order valence-corrected chi connectivity index (χ1v) is 7.92. The number of aromatic nitrogens is 2. The molecule has 116 valence electrons. The van der Waals surface area contributed by atoms with Crippen LogP contribution < -0.4 is 10.5 Å². The SMILES string of the molecule is CN(C)c1ccccc1C1CCn2c1nc1ccccc1c2=O. The van der Waals surface area contributed by atoms with Gasteiger partial charge in [0.25, 0.3) is 5.56 Å². The van der Waals surface area contributed by atoms with E-state index in [1.807, 2.05) is 28.8 Å². The molecule has 2 aromatic carbocycles. The molecule has 4 heteroatoms. The molecule has 0 radical (unpaired) electrons. The fourth-order valence-electron chi connectivity index (χ4n) is 3.54. The van der Waals surface area contributed by atoms with Gasteiger partial charge in [0.05, 0.1) is 10.9 Å². The van der Waals surface area contributed by atoms with Gasteiger partial charge < -0.3 is 4.90 Å². The summed E-state index contributed by atoms with van der Waals surface area (Å²) < 4.78 is 1.85. The van der Waals surface area contributed by atoms with Crippen LogP contribution in [0.1, 0.15) is 23.7 Å². The molecule has 0 N–H and O–H groups in total. The summed E-state index contributed by atoms with van der Waals surface area (Å²) in [6.07, 6.45) is 0.920. The van der Waals surface area contributed by atoms with Crippen molar-refractivity contribution in [3.63, 3.8) is 0 Å². The highest BCUT2D eigenvalue weighted by molar-refractivity contribution is 5.77. The molecule has 1 aliphatic heterocycles. The van der Waals surface area contributed by atoms with Crippen molar-refractivity contribution >= 4 is 16.6 Å². The number of hydrogen-bond acceptors (Lipinski definition) is 3. The van der Waals surface area contributed by atoms with E-state index in [0.29, 0.717) is 5.39 Å². The predicted molar refractivity (Wildman–Crippen MR) is 93.2 cm³/mol. The number of nitrogens with zero attached hydrogens (tertiary/aromatic N) is 3. The Kier molecular flexibility index (Phi) is 3.18. The molecule has 1 atom stereocenters. The first kappa shape index (κ1) is 14.0. The number of fused-ring (bicyclic) bond motifs is 2. The molecule has 23 heavy (non-hydrogen) atoms. The number of para-hydroxylation sites is 2. The van der Waals surface area contributed by atoms with Crippen LogP contribution in [0.15, 0.2) is 53.3 Å². The molecule has 0 amide bonds. The van der Waals surface area contributed by atoms with Crippen LogP contribution in [0.5, 0.6) is 0 Å². The third kappa shape index (κ3) is 2.13. The van der Waals surface area contributed by atoms with Crippen molar-refractivity contribution in [2.24, 2.45) is 0 Å². The largest absolute Gasteiger partial charge is 0.377 e. The van der Waals surface area contributed by atoms with Gasteiger partial charge in [-0.3, -0.25) is 9.36 Å². The standard InChI is InChI=1S/C19H19N3O/c1-21(2)17-10-6-4-7-13(17)14-11-12-22-18(14)20-16-9-5-3-8-15(16)19(22)23/h3-10,14H,11-12H2,1-2H3. The van der Waals surface area contributed by atoms with E-state index in [2.05, 4.69) is 43.3 Å². The highest BCUT2D eigenvalue weighted by Crippen LogP contribution is 2.37. The molecule has 4 nitrogen and oxygen atoms in total. The molecule has 0 aliphatic carbocycles. The zero-order chi connectivity index (χ0) is 16.0. The molecule has 0 bridgehead atoms. The average Bonchev–Trinajstić information content (AvgIpc) is 2.99. The minimum Gasteiger partial charge on any atom is -0.377 e. The van der Waals surface area contributed by atoms with Crippen LogP contribution >= 0.6 is 0 Å². The molecule has 3 aromatic rings. The van der Waals surface area contributed by atoms with Crippen molar-refractivity contribution in [1.29, 1.82) is 0 Å². The molecule has 1 aliphatic rings. The normalized spacial score (nSPS) is 16.5. The van der Waals surface area contributed by atoms with Crippen molar-refractivity contribution in [3.8, 4) is 0 Å². The van der Waals surface area contributed by atoms with Crippen LogP contribution in [-0.2, 0) is 6.54 Å². The molecule has 2 heterocycles. The van der Waals surface area contributed by atoms with Crippen molar-refractivity contribution < 1.29 is 0 Å². The van der Waals surface area contributed by atoms with Crippen molar-refractivity contribution in [2.75, 3.05) is 19.0 Å². The fourth-order valence-corrected chi connectivity index (χ4v) is 3.54. The Morgan fingerprint density at radius 2 is 1.83 bits per heavy atom. The van der Waals surface area contributed by atoms with Gasteiger partial charge in [-0.1, -0.05) is 30.3 Å². The van der Waals surface area contributed by atoms with Gasteiger partial charge >= 0.3 is 0 Å². The minimum absolute atomic E-state index is 0.0791. The molecular weight excluding hydrogens is 286 g/mol. The highest BCUT2D eigenvalue weighted by Gasteiger charge is 2.29. The summed E-state index contributed by atoms with van der Waals surface area (Å²) in [5, 5.41) is 0.706. The van der Waals surface area contributed by atoms with Crippen molar-refractivity contribution in [3.05, 3.63) is 70.3 Å². The number of rotatable bonds is 2. The van der Waals surface area contributed by atoms with Gasteiger partial charge in [-0.25, -0.2) is 4.98 Å². The van der Waals surface area contributed by atoms with Gasteiger partial charge in [-0.2, -0.15) is 0 Å². The third-order valence-electron chi connectivity index (χ3n) is 4.64. The van der Waals surface area contributed by atoms with E-state index < -0.39 is 0 Å². The summed E-state index contributed by atoms with van der Waals surface area (Å²) in [6, 6.07) is 16.0. The maximum atomic E-state index is 12.7. The fraction of sp³-hybridized carbons (Fsp3) is 0.263. The van der Waals surface area contributed by atoms with Crippen LogP contribution in [0.4, 0.5) is 5.69 Å². The molecular formula is C19H19N3O. The molecule has 1 unspecified atom stereocenters. The van der Waals surface area contributed by atoms with Gasteiger partial charge in [0.15, 0.2) is 0 Å². The summed E-state index contributed by atoms with van der Waals surface area (Å²) >= 11 is 0. The van der Waals surface area contributed by atoms with E-state index >= 15 is 0 Å². The lowest BCUT2D eigenvalue weighted by Gasteiger charge is -2.21. The average molecular weight is 305 g/mol. The van der Waals surface area contributed by atoms with E-state index in [1.54, 1.807) is 0 Å². The van der Waals surface area contributed by atoms with Crippen LogP contribution in [-0.4, -0.2) is 23.6 Å². The second-order valence-corrected chi connectivity index (χ2v) is 6.24. The lowest BCUT2D eigenvalue weighted by molar-refractivity contribution is 0.707. The monoisotopic (exact) mass is 305 g/mol. The summed E-state index contributed by atoms with van der Waals surface area (Å²) in [5.41, 5.74) is 3.30. The lowest BCUT2D eigenvalue weighted by Crippen LogP contribution is -2.21. The minimum atomic E-state index is 0.0791. The van der Waals surface area contributed by atoms with Gasteiger partial charge in [0, 0.05) is 32.2 Å². The van der Waals surface area contributed by atoms with Gasteiger partial charge in [-0.05, 0) is 30.2 Å². The van der Waals surface area contributed by atoms with Crippen molar-refractivity contribution in [1.82, 2.24) is 9.55 Å². The first-order chi connectivity index (χ1) is 11.2. The molecule has 0 fully saturated rings. The molecule has 4 rings (SSSR count). The van der Waals surface area contributed by atoms with Crippen LogP contribution in [0, 0.1) is 0 Å². The molecule has 0 saturated carbocycles. The Morgan fingerprint density at radius 3 is 2.65 bits per heavy atom. The predicted octanol–water partition coefficient (Wildman–Crippen LogP) is 3.00. The number of hydrogen-bond donors (Lipinski definition) is 0. The van der Waals surface area contributed by atoms with Crippen LogP contribution in [0.3, 0.4) is 0 Å². The van der Waals surface area contributed by atoms with E-state index in [1.165, 1.54) is 11.3 Å². The second kappa shape index (κ2) is 5.23. The maximum absolute atomic E-state index is 12.7. The molecule has 1 aromatic heterocycles. The van der Waals surface area contributed by atoms with E-state index in [9.17, 15) is 4.79 Å². The topological polar surface area (TPSA) is 38.1 Å². The number of benzene rings is 2. The summed E-state index contributed by atoms with van der Waals surface area (Å²) in [7, 11) is 4.10. The zero-order valence-electron chi connectivity index (χ0n) is 13.4. The summed E-state index contributed by atoms with van der Waals surface area (Å²) in [5.74, 6) is 1.06. The zero-order valence-corrected chi connectivity index (χ0v) is 13.4. The molecule has 0 spiro atoms. The maximum Gasteiger partial charge on any atom is 0.261 e. The third-order valence-corrected chi connectivity index (χ3v) is 4.64. The molecule has 0 saturated heterocycles. The first-order valence-electron chi connectivity index (χ1n) is 7.92. The van der Waals surface area contributed by atoms with E-state index in [4.69, 9.17) is 4.98 Å². The van der Waals surface area contributed by atoms with Gasteiger partial charge in [0.2, 0.25) is 0 Å². The van der Waals surface area contributed by atoms with Gasteiger partial charge in [-0.15, -0.1) is 0 Å². The number of anilines is 1. The van der Waals surface area contributed by atoms with E-state index in [0.717, 1.165) is 24.3 Å². The van der Waals surface area contributed by atoms with Crippen LogP contribution in [0.2, 0.25) is 0 Å². The van der Waals surface area contributed by atoms with Crippen molar-refractivity contribution in [2.45, 2.75) is 18.9 Å².